The van der Waals surface area contributed by atoms with Crippen molar-refractivity contribution >= 4 is 27.6 Å². The molecule has 5 rings (SSSR count). The van der Waals surface area contributed by atoms with Crippen LogP contribution in [0.25, 0.3) is 21.9 Å². The molecule has 0 radical (unpaired) electrons. The fraction of sp³-hybridized carbons (Fsp3) is 0.0800. The predicted octanol–water partition coefficient (Wildman–Crippen LogP) is 5.81. The van der Waals surface area contributed by atoms with Gasteiger partial charge in [-0.05, 0) is 36.8 Å². The van der Waals surface area contributed by atoms with E-state index < -0.39 is 16.7 Å². The van der Waals surface area contributed by atoms with Gasteiger partial charge in [0.1, 0.15) is 11.4 Å². The summed E-state index contributed by atoms with van der Waals surface area (Å²) in [4.78, 5) is 28.0. The molecular weight excluding hydrogens is 411 g/mol. The number of fused-ring (bicyclic) bond motifs is 2. The van der Waals surface area contributed by atoms with Crippen LogP contribution in [0, 0.1) is 22.9 Å². The first-order chi connectivity index (χ1) is 15.5. The van der Waals surface area contributed by atoms with Gasteiger partial charge in [-0.3, -0.25) is 14.9 Å². The molecular formula is C25H17FN2O4. The van der Waals surface area contributed by atoms with Crippen molar-refractivity contribution in [1.29, 1.82) is 0 Å². The minimum Gasteiger partial charge on any atom is -0.464 e. The summed E-state index contributed by atoms with van der Waals surface area (Å²) in [6.07, 6.45) is 1.33. The van der Waals surface area contributed by atoms with Gasteiger partial charge >= 0.3 is 0 Å². The Labute approximate surface area is 181 Å². The first-order valence-corrected chi connectivity index (χ1v) is 9.98. The molecule has 3 aromatic carbocycles. The lowest BCUT2D eigenvalue weighted by Gasteiger charge is -2.19. The van der Waals surface area contributed by atoms with E-state index in [9.17, 15) is 14.9 Å². The Morgan fingerprint density at radius 3 is 2.53 bits per heavy atom. The summed E-state index contributed by atoms with van der Waals surface area (Å²) in [5.74, 6) is -1.43. The summed E-state index contributed by atoms with van der Waals surface area (Å²) < 4.78 is 20.8. The molecule has 2 aromatic heterocycles. The van der Waals surface area contributed by atoms with Crippen LogP contribution in [0.3, 0.4) is 0 Å². The second-order valence-corrected chi connectivity index (χ2v) is 7.59. The molecule has 0 bridgehead atoms. The zero-order chi connectivity index (χ0) is 22.4. The third-order valence-electron chi connectivity index (χ3n) is 5.76. The van der Waals surface area contributed by atoms with E-state index in [-0.39, 0.29) is 22.2 Å². The number of aromatic amines is 1. The zero-order valence-corrected chi connectivity index (χ0v) is 17.0. The molecule has 0 fully saturated rings. The van der Waals surface area contributed by atoms with Gasteiger partial charge in [-0.15, -0.1) is 0 Å². The van der Waals surface area contributed by atoms with Crippen molar-refractivity contribution in [2.45, 2.75) is 12.8 Å². The maximum Gasteiger partial charge on any atom is 0.279 e. The van der Waals surface area contributed by atoms with Crippen LogP contribution in [0.1, 0.15) is 28.3 Å². The summed E-state index contributed by atoms with van der Waals surface area (Å²) in [5, 5.41) is 12.5. The molecule has 32 heavy (non-hydrogen) atoms. The van der Waals surface area contributed by atoms with Gasteiger partial charge in [0.15, 0.2) is 5.43 Å². The summed E-state index contributed by atoms with van der Waals surface area (Å²) in [5.41, 5.74) is 2.04. The van der Waals surface area contributed by atoms with Crippen LogP contribution in [0.5, 0.6) is 0 Å². The molecule has 1 unspecified atom stereocenters. The second-order valence-electron chi connectivity index (χ2n) is 7.59. The van der Waals surface area contributed by atoms with Crippen molar-refractivity contribution in [3.8, 4) is 0 Å². The number of para-hydroxylation sites is 1. The highest BCUT2D eigenvalue weighted by Crippen LogP contribution is 2.41. The highest BCUT2D eigenvalue weighted by molar-refractivity contribution is 5.94. The number of halogens is 1. The Morgan fingerprint density at radius 2 is 1.75 bits per heavy atom. The average Bonchev–Trinajstić information content (AvgIpc) is 3.12. The maximum absolute atomic E-state index is 15.1. The lowest BCUT2D eigenvalue weighted by atomic mass is 9.83. The number of nitrogens with zero attached hydrogens (tertiary/aromatic N) is 1. The number of rotatable bonds is 4. The van der Waals surface area contributed by atoms with E-state index in [4.69, 9.17) is 4.42 Å². The van der Waals surface area contributed by atoms with Crippen LogP contribution >= 0.6 is 0 Å². The number of nitrogens with one attached hydrogen (secondary N) is 1. The van der Waals surface area contributed by atoms with E-state index in [1.807, 2.05) is 0 Å². The third-order valence-corrected chi connectivity index (χ3v) is 5.76. The number of H-pyrrole nitrogens is 1. The summed E-state index contributed by atoms with van der Waals surface area (Å²) in [6.45, 7) is 1.76. The second kappa shape index (κ2) is 7.46. The highest BCUT2D eigenvalue weighted by atomic mass is 19.1. The Hall–Kier alpha value is -4.26. The van der Waals surface area contributed by atoms with Gasteiger partial charge in [-0.25, -0.2) is 4.39 Å². The van der Waals surface area contributed by atoms with Gasteiger partial charge in [0.2, 0.25) is 0 Å². The molecule has 1 N–H and O–H groups in total. The molecule has 0 aliphatic heterocycles. The van der Waals surface area contributed by atoms with Gasteiger partial charge in [-0.1, -0.05) is 36.4 Å². The molecule has 6 nitrogen and oxygen atoms in total. The number of hydrogen-bond donors (Lipinski definition) is 1. The molecule has 7 heteroatoms. The van der Waals surface area contributed by atoms with E-state index in [0.717, 1.165) is 0 Å². The highest BCUT2D eigenvalue weighted by Gasteiger charge is 2.31. The lowest BCUT2D eigenvalue weighted by molar-refractivity contribution is -0.383. The number of hydrogen-bond acceptors (Lipinski definition) is 4. The zero-order valence-electron chi connectivity index (χ0n) is 17.0. The number of nitro groups is 1. The molecule has 0 aliphatic rings. The normalized spacial score (nSPS) is 12.3. The van der Waals surface area contributed by atoms with Gasteiger partial charge < -0.3 is 9.40 Å². The van der Waals surface area contributed by atoms with Gasteiger partial charge in [0, 0.05) is 28.8 Å². The van der Waals surface area contributed by atoms with E-state index in [2.05, 4.69) is 4.98 Å². The van der Waals surface area contributed by atoms with Crippen LogP contribution in [-0.2, 0) is 0 Å². The number of nitro benzene ring substituents is 1. The van der Waals surface area contributed by atoms with Crippen molar-refractivity contribution in [2.24, 2.45) is 0 Å². The molecule has 0 aliphatic carbocycles. The largest absolute Gasteiger partial charge is 0.464 e. The number of aryl methyl sites for hydroxylation is 1. The molecule has 0 saturated carbocycles. The summed E-state index contributed by atoms with van der Waals surface area (Å²) in [6, 6.07) is 17.6. The van der Waals surface area contributed by atoms with Crippen LogP contribution in [0.4, 0.5) is 10.1 Å². The minimum atomic E-state index is -0.910. The molecule has 0 saturated heterocycles. The molecule has 158 valence electrons. The lowest BCUT2D eigenvalue weighted by Crippen LogP contribution is -2.17. The predicted molar refractivity (Wildman–Crippen MR) is 120 cm³/mol. The van der Waals surface area contributed by atoms with Crippen LogP contribution in [-0.4, -0.2) is 9.91 Å². The minimum absolute atomic E-state index is 0.117. The Kier molecular flexibility index (Phi) is 4.59. The van der Waals surface area contributed by atoms with Crippen molar-refractivity contribution < 1.29 is 13.7 Å². The van der Waals surface area contributed by atoms with Crippen LogP contribution in [0.2, 0.25) is 0 Å². The Morgan fingerprint density at radius 1 is 1.00 bits per heavy atom. The van der Waals surface area contributed by atoms with E-state index in [1.165, 1.54) is 18.4 Å². The first-order valence-electron chi connectivity index (χ1n) is 9.98. The molecule has 1 atom stereocenters. The monoisotopic (exact) mass is 428 g/mol. The third kappa shape index (κ3) is 2.98. The Balaban J connectivity index is 1.92. The van der Waals surface area contributed by atoms with E-state index in [1.54, 1.807) is 61.5 Å². The maximum atomic E-state index is 15.1. The van der Waals surface area contributed by atoms with Crippen molar-refractivity contribution in [3.05, 3.63) is 122 Å². The van der Waals surface area contributed by atoms with Gasteiger partial charge in [-0.2, -0.15) is 0 Å². The fourth-order valence-corrected chi connectivity index (χ4v) is 4.38. The van der Waals surface area contributed by atoms with E-state index in [0.29, 0.717) is 33.1 Å². The SMILES string of the molecule is Cc1[nH]c2cccc([N+](=O)[O-])c2c1C(c1ccccc1F)c1coc2ccccc2c1=O. The smallest absolute Gasteiger partial charge is 0.279 e. The van der Waals surface area contributed by atoms with E-state index >= 15 is 4.39 Å². The summed E-state index contributed by atoms with van der Waals surface area (Å²) in [7, 11) is 0. The van der Waals surface area contributed by atoms with Gasteiger partial charge in [0.25, 0.3) is 5.69 Å². The quantitative estimate of drug-likeness (QED) is 0.289. The molecule has 0 spiro atoms. The number of aromatic nitrogens is 1. The summed E-state index contributed by atoms with van der Waals surface area (Å²) >= 11 is 0. The number of benzene rings is 3. The van der Waals surface area contributed by atoms with Crippen molar-refractivity contribution in [3.63, 3.8) is 0 Å². The molecule has 2 heterocycles. The molecule has 5 aromatic rings. The average molecular weight is 428 g/mol. The standard InChI is InChI=1S/C25H17FN2O4/c1-14-22(24-19(27-14)10-6-11-20(24)28(30)31)23(15-7-2-4-9-18(15)26)17-13-32-21-12-5-3-8-16(21)25(17)29/h2-13,23,27H,1H3. The fourth-order valence-electron chi connectivity index (χ4n) is 4.38. The van der Waals surface area contributed by atoms with Crippen molar-refractivity contribution in [1.82, 2.24) is 4.98 Å². The molecule has 0 amide bonds. The number of non-ortho nitro benzene ring substituents is 1. The van der Waals surface area contributed by atoms with Crippen molar-refractivity contribution in [2.75, 3.05) is 0 Å². The van der Waals surface area contributed by atoms with Crippen LogP contribution < -0.4 is 5.43 Å². The first kappa shape index (κ1) is 19.7. The van der Waals surface area contributed by atoms with Crippen LogP contribution in [0.15, 0.2) is 82.2 Å². The Bertz CT molecular complexity index is 1570. The van der Waals surface area contributed by atoms with Gasteiger partial charge in [0.05, 0.1) is 27.5 Å². The topological polar surface area (TPSA) is 89.1 Å².